The summed E-state index contributed by atoms with van der Waals surface area (Å²) in [6, 6.07) is 7.77. The predicted molar refractivity (Wildman–Crippen MR) is 79.3 cm³/mol. The molecule has 0 fully saturated rings. The van der Waals surface area contributed by atoms with Gasteiger partial charge in [-0.25, -0.2) is 4.99 Å². The van der Waals surface area contributed by atoms with Crippen LogP contribution >= 0.6 is 0 Å². The lowest BCUT2D eigenvalue weighted by atomic mass is 10.1. The maximum atomic E-state index is 7.11. The summed E-state index contributed by atoms with van der Waals surface area (Å²) >= 11 is 0. The molecule has 1 aromatic carbocycles. The molecule has 104 valence electrons. The van der Waals surface area contributed by atoms with Crippen LogP contribution in [0.4, 0.5) is 11.7 Å². The summed E-state index contributed by atoms with van der Waals surface area (Å²) in [4.78, 5) is 8.47. The van der Waals surface area contributed by atoms with E-state index in [0.717, 1.165) is 17.8 Å². The highest BCUT2D eigenvalue weighted by Crippen LogP contribution is 2.24. The molecule has 5 N–H and O–H groups in total. The monoisotopic (exact) mass is 272 g/mol. The molecular weight excluding hydrogens is 256 g/mol. The highest BCUT2D eigenvalue weighted by atomic mass is 16.4. The Morgan fingerprint density at radius 3 is 3.15 bits per heavy atom. The second-order valence-electron chi connectivity index (χ2n) is 3.94. The van der Waals surface area contributed by atoms with Crippen LogP contribution in [0.25, 0.3) is 11.3 Å². The lowest BCUT2D eigenvalue weighted by Gasteiger charge is -1.98. The van der Waals surface area contributed by atoms with Gasteiger partial charge in [0, 0.05) is 12.1 Å². The molecule has 1 aromatic heterocycles. The summed E-state index contributed by atoms with van der Waals surface area (Å²) in [6.45, 7) is 2.83. The number of aromatic nitrogens is 1. The fourth-order valence-corrected chi connectivity index (χ4v) is 1.54. The van der Waals surface area contributed by atoms with Gasteiger partial charge in [0.1, 0.15) is 12.0 Å². The van der Waals surface area contributed by atoms with Crippen LogP contribution in [-0.4, -0.2) is 23.8 Å². The first-order chi connectivity index (χ1) is 9.69. The molecule has 0 radical (unpaired) electrons. The van der Waals surface area contributed by atoms with E-state index in [1.165, 1.54) is 6.26 Å². The van der Waals surface area contributed by atoms with Crippen molar-refractivity contribution in [2.24, 2.45) is 10.7 Å². The van der Waals surface area contributed by atoms with Crippen molar-refractivity contribution in [3.05, 3.63) is 30.5 Å². The van der Waals surface area contributed by atoms with Crippen LogP contribution in [0.5, 0.6) is 0 Å². The van der Waals surface area contributed by atoms with Crippen LogP contribution < -0.4 is 16.4 Å². The standard InChI is InChI=1S/C13H16N6O/c1-2-16-8-17-10-5-3-4-9(6-10)11-7-20-13(18-11)19-12(14)15/h3-8H,2H2,1H3,(H,16,17)(H4,14,15,18,19). The molecule has 0 atom stereocenters. The molecule has 1 heterocycles. The second-order valence-corrected chi connectivity index (χ2v) is 3.94. The van der Waals surface area contributed by atoms with E-state index in [9.17, 15) is 0 Å². The van der Waals surface area contributed by atoms with E-state index in [1.54, 1.807) is 6.34 Å². The Balaban J connectivity index is 2.18. The molecule has 0 aliphatic rings. The number of guanidine groups is 1. The topological polar surface area (TPSA) is 112 Å². The van der Waals surface area contributed by atoms with Gasteiger partial charge in [-0.05, 0) is 19.1 Å². The van der Waals surface area contributed by atoms with Crippen LogP contribution in [0.15, 0.2) is 39.9 Å². The normalized spacial score (nSPS) is 10.7. The van der Waals surface area contributed by atoms with Crippen molar-refractivity contribution in [1.29, 1.82) is 5.41 Å². The van der Waals surface area contributed by atoms with Crippen molar-refractivity contribution in [3.63, 3.8) is 0 Å². The van der Waals surface area contributed by atoms with Gasteiger partial charge in [0.15, 0.2) is 5.96 Å². The van der Waals surface area contributed by atoms with Gasteiger partial charge in [-0.15, -0.1) is 0 Å². The summed E-state index contributed by atoms with van der Waals surface area (Å²) in [6.07, 6.45) is 3.16. The van der Waals surface area contributed by atoms with Crippen LogP contribution in [0.3, 0.4) is 0 Å². The van der Waals surface area contributed by atoms with Crippen LogP contribution in [0.1, 0.15) is 6.92 Å². The molecular formula is C13H16N6O. The third kappa shape index (κ3) is 3.58. The molecule has 0 bridgehead atoms. The van der Waals surface area contributed by atoms with E-state index in [2.05, 4.69) is 20.6 Å². The minimum Gasteiger partial charge on any atom is -0.431 e. The fraction of sp³-hybridized carbons (Fsp3) is 0.154. The molecule has 0 aliphatic heterocycles. The van der Waals surface area contributed by atoms with Crippen molar-refractivity contribution in [2.75, 3.05) is 11.9 Å². The number of nitrogens with two attached hydrogens (primary N) is 1. The maximum absolute atomic E-state index is 7.11. The zero-order valence-electron chi connectivity index (χ0n) is 11.1. The number of nitrogens with zero attached hydrogens (tertiary/aromatic N) is 2. The van der Waals surface area contributed by atoms with E-state index >= 15 is 0 Å². The zero-order chi connectivity index (χ0) is 14.4. The number of aliphatic imine (C=N–C) groups is 1. The Morgan fingerprint density at radius 2 is 2.40 bits per heavy atom. The first-order valence-corrected chi connectivity index (χ1v) is 6.12. The molecule has 7 heteroatoms. The van der Waals surface area contributed by atoms with Crippen molar-refractivity contribution < 1.29 is 4.42 Å². The first kappa shape index (κ1) is 13.6. The van der Waals surface area contributed by atoms with Gasteiger partial charge >= 0.3 is 6.01 Å². The Morgan fingerprint density at radius 1 is 1.55 bits per heavy atom. The predicted octanol–water partition coefficient (Wildman–Crippen LogP) is 1.92. The van der Waals surface area contributed by atoms with Gasteiger partial charge in [-0.1, -0.05) is 12.1 Å². The Bertz CT molecular complexity index is 619. The number of oxazole rings is 1. The molecule has 0 saturated heterocycles. The summed E-state index contributed by atoms with van der Waals surface area (Å²) < 4.78 is 5.17. The summed E-state index contributed by atoms with van der Waals surface area (Å²) in [5, 5.41) is 12.6. The van der Waals surface area contributed by atoms with Crippen molar-refractivity contribution >= 4 is 24.0 Å². The number of hydrogen-bond donors (Lipinski definition) is 4. The van der Waals surface area contributed by atoms with E-state index in [0.29, 0.717) is 5.69 Å². The largest absolute Gasteiger partial charge is 0.431 e. The van der Waals surface area contributed by atoms with Gasteiger partial charge in [0.2, 0.25) is 0 Å². The van der Waals surface area contributed by atoms with Gasteiger partial charge < -0.3 is 15.5 Å². The summed E-state index contributed by atoms with van der Waals surface area (Å²) in [5.74, 6) is -0.220. The number of benzene rings is 1. The molecule has 0 spiro atoms. The fourth-order valence-electron chi connectivity index (χ4n) is 1.54. The highest BCUT2D eigenvalue weighted by Gasteiger charge is 2.07. The van der Waals surface area contributed by atoms with Crippen molar-refractivity contribution in [3.8, 4) is 11.3 Å². The van der Waals surface area contributed by atoms with E-state index in [-0.39, 0.29) is 12.0 Å². The smallest absolute Gasteiger partial charge is 0.301 e. The number of hydrogen-bond acceptors (Lipinski definition) is 4. The second kappa shape index (κ2) is 6.37. The average Bonchev–Trinajstić information content (AvgIpc) is 2.87. The molecule has 0 amide bonds. The van der Waals surface area contributed by atoms with E-state index in [1.807, 2.05) is 31.2 Å². The van der Waals surface area contributed by atoms with Gasteiger partial charge in [0.25, 0.3) is 0 Å². The third-order valence-electron chi connectivity index (χ3n) is 2.40. The number of rotatable bonds is 5. The van der Waals surface area contributed by atoms with E-state index < -0.39 is 0 Å². The molecule has 2 rings (SSSR count). The Kier molecular flexibility index (Phi) is 4.33. The molecule has 0 unspecified atom stereocenters. The van der Waals surface area contributed by atoms with Crippen molar-refractivity contribution in [2.45, 2.75) is 6.92 Å². The van der Waals surface area contributed by atoms with Gasteiger partial charge in [0.05, 0.1) is 12.0 Å². The van der Waals surface area contributed by atoms with Crippen LogP contribution in [0.2, 0.25) is 0 Å². The zero-order valence-corrected chi connectivity index (χ0v) is 11.1. The van der Waals surface area contributed by atoms with Crippen molar-refractivity contribution in [1.82, 2.24) is 10.3 Å². The Hall–Kier alpha value is -2.83. The maximum Gasteiger partial charge on any atom is 0.301 e. The Labute approximate surface area is 116 Å². The SMILES string of the molecule is CCN/C=N/c1cccc(-c2coc(NC(=N)N)n2)c1. The molecule has 7 nitrogen and oxygen atoms in total. The number of anilines is 1. The molecule has 20 heavy (non-hydrogen) atoms. The highest BCUT2D eigenvalue weighted by molar-refractivity contribution is 5.87. The molecule has 0 aliphatic carbocycles. The first-order valence-electron chi connectivity index (χ1n) is 6.12. The van der Waals surface area contributed by atoms with E-state index in [4.69, 9.17) is 15.6 Å². The minimum absolute atomic E-state index is 0.189. The quantitative estimate of drug-likeness (QED) is 0.490. The summed E-state index contributed by atoms with van der Waals surface area (Å²) in [7, 11) is 0. The molecule has 2 aromatic rings. The number of nitrogens with one attached hydrogen (secondary N) is 3. The minimum atomic E-state index is -0.220. The van der Waals surface area contributed by atoms with Crippen LogP contribution in [0, 0.1) is 5.41 Å². The molecule has 0 saturated carbocycles. The lowest BCUT2D eigenvalue weighted by molar-refractivity contribution is 0.579. The average molecular weight is 272 g/mol. The van der Waals surface area contributed by atoms with Gasteiger partial charge in [-0.3, -0.25) is 10.7 Å². The van der Waals surface area contributed by atoms with Crippen LogP contribution in [-0.2, 0) is 0 Å². The third-order valence-corrected chi connectivity index (χ3v) is 2.40. The van der Waals surface area contributed by atoms with Gasteiger partial charge in [-0.2, -0.15) is 4.98 Å². The summed E-state index contributed by atoms with van der Waals surface area (Å²) in [5.41, 5.74) is 7.54. The lowest BCUT2D eigenvalue weighted by Crippen LogP contribution is -2.20.